The Kier molecular flexibility index (Phi) is 12.3. The standard InChI is InChI=1S/C38H49NO12Se/c1-22-23(2)51-38(44-6,18-25(22)20-52-27-15-11-8-12-16-27)32(50-35(41)24-13-9-7-10-14-24)33(40)39-34-30-29(46-21-47-34)31(43-5)37(3,4)28(49-30)17-26-19-45-36(42)48-26/h7-16,22-23,25-26,28-32,34H,17-21H2,1-6H3,(H,39,40)/t22-,23+,25+,26-,28+,29-,30-,31+,32+,34-,38+/m0/s1. The van der Waals surface area contributed by atoms with Crippen molar-refractivity contribution in [2.24, 2.45) is 17.3 Å². The van der Waals surface area contributed by atoms with E-state index in [2.05, 4.69) is 24.4 Å². The van der Waals surface area contributed by atoms with E-state index in [-0.39, 0.29) is 51.9 Å². The molecule has 0 unspecified atom stereocenters. The number of benzene rings is 2. The SMILES string of the molecule is CO[C@@H]1[C@H]2OCO[C@H](NC(=O)[C@@H](OC(=O)c3ccccc3)[C@@]3(OC)C[C@H](C[Se]c4ccccc4)[C@@H](C)[C@@H](C)O3)[C@H]2O[C@H](C[C@H]2COC(=O)O2)C1(C)C. The van der Waals surface area contributed by atoms with Gasteiger partial charge in [-0.15, -0.1) is 0 Å². The van der Waals surface area contributed by atoms with E-state index in [9.17, 15) is 14.4 Å². The molecule has 0 saturated carbocycles. The zero-order chi connectivity index (χ0) is 37.0. The third-order valence-electron chi connectivity index (χ3n) is 10.8. The van der Waals surface area contributed by atoms with Crippen LogP contribution in [0.25, 0.3) is 0 Å². The molecule has 4 heterocycles. The normalized spacial score (nSPS) is 34.7. The van der Waals surface area contributed by atoms with Gasteiger partial charge in [-0.3, -0.25) is 0 Å². The molecule has 2 aromatic carbocycles. The third-order valence-corrected chi connectivity index (χ3v) is 13.3. The van der Waals surface area contributed by atoms with Crippen molar-refractivity contribution in [1.29, 1.82) is 0 Å². The van der Waals surface area contributed by atoms with Crippen LogP contribution in [0.3, 0.4) is 0 Å². The Bertz CT molecular complexity index is 1530. The number of esters is 1. The number of ether oxygens (including phenoxy) is 9. The van der Waals surface area contributed by atoms with E-state index in [0.717, 1.165) is 5.32 Å². The fraction of sp³-hybridized carbons (Fsp3) is 0.605. The Morgan fingerprint density at radius 1 is 1.00 bits per heavy atom. The van der Waals surface area contributed by atoms with Gasteiger partial charge in [-0.25, -0.2) is 4.79 Å². The van der Waals surface area contributed by atoms with Crippen molar-refractivity contribution in [2.75, 3.05) is 27.6 Å². The zero-order valence-electron chi connectivity index (χ0n) is 30.4. The number of cyclic esters (lactones) is 2. The summed E-state index contributed by atoms with van der Waals surface area (Å²) in [5, 5.41) is 3.83. The molecule has 0 spiro atoms. The van der Waals surface area contributed by atoms with Crippen molar-refractivity contribution in [2.45, 2.75) is 101 Å². The van der Waals surface area contributed by atoms with Crippen LogP contribution in [0.1, 0.15) is 50.9 Å². The molecule has 0 radical (unpaired) electrons. The predicted octanol–water partition coefficient (Wildman–Crippen LogP) is 3.61. The molecule has 14 heteroatoms. The Labute approximate surface area is 310 Å². The average Bonchev–Trinajstić information content (AvgIpc) is 3.56. The van der Waals surface area contributed by atoms with Crippen LogP contribution >= 0.6 is 0 Å². The second-order valence-corrected chi connectivity index (χ2v) is 16.7. The van der Waals surface area contributed by atoms with Crippen LogP contribution in [-0.4, -0.2) is 115 Å². The van der Waals surface area contributed by atoms with E-state index >= 15 is 0 Å². The number of fused-ring (bicyclic) bond motifs is 1. The van der Waals surface area contributed by atoms with Gasteiger partial charge in [0.1, 0.15) is 12.7 Å². The molecular weight excluding hydrogens is 741 g/mol. The van der Waals surface area contributed by atoms with Crippen LogP contribution in [0.15, 0.2) is 60.7 Å². The first-order valence-corrected chi connectivity index (χ1v) is 19.7. The Morgan fingerprint density at radius 3 is 2.37 bits per heavy atom. The number of amides is 1. The van der Waals surface area contributed by atoms with Crippen molar-refractivity contribution >= 4 is 37.5 Å². The second-order valence-electron chi connectivity index (χ2n) is 14.4. The molecule has 0 aromatic heterocycles. The summed E-state index contributed by atoms with van der Waals surface area (Å²) < 4.78 is 55.1. The fourth-order valence-corrected chi connectivity index (χ4v) is 10.1. The molecule has 1 N–H and O–H groups in total. The molecule has 2 aromatic rings. The first kappa shape index (κ1) is 38.6. The van der Waals surface area contributed by atoms with Crippen molar-refractivity contribution < 1.29 is 57.0 Å². The summed E-state index contributed by atoms with van der Waals surface area (Å²) in [6, 6.07) is 18.8. The molecule has 284 valence electrons. The summed E-state index contributed by atoms with van der Waals surface area (Å²) in [5.41, 5.74) is -0.320. The molecule has 11 atom stereocenters. The zero-order valence-corrected chi connectivity index (χ0v) is 32.1. The van der Waals surface area contributed by atoms with E-state index in [0.29, 0.717) is 12.8 Å². The summed E-state index contributed by atoms with van der Waals surface area (Å²) in [6.07, 6.45) is -5.94. The molecule has 4 saturated heterocycles. The first-order valence-electron chi connectivity index (χ1n) is 17.7. The number of carbonyl (C=O) groups is 3. The van der Waals surface area contributed by atoms with Gasteiger partial charge in [-0.2, -0.15) is 0 Å². The van der Waals surface area contributed by atoms with Crippen LogP contribution in [0.4, 0.5) is 4.79 Å². The monoisotopic (exact) mass is 791 g/mol. The molecule has 4 fully saturated rings. The number of nitrogens with one attached hydrogen (secondary N) is 1. The summed E-state index contributed by atoms with van der Waals surface area (Å²) in [6.45, 7) is 8.03. The van der Waals surface area contributed by atoms with E-state index in [1.165, 1.54) is 11.6 Å². The molecule has 13 nitrogen and oxygen atoms in total. The van der Waals surface area contributed by atoms with E-state index in [1.807, 2.05) is 39.0 Å². The Balaban J connectivity index is 1.27. The van der Waals surface area contributed by atoms with Gasteiger partial charge < -0.3 is 9.47 Å². The number of carbonyl (C=O) groups excluding carboxylic acids is 3. The van der Waals surface area contributed by atoms with Gasteiger partial charge in [0.25, 0.3) is 0 Å². The minimum atomic E-state index is -1.61. The predicted molar refractivity (Wildman–Crippen MR) is 187 cm³/mol. The van der Waals surface area contributed by atoms with Crippen LogP contribution in [0, 0.1) is 17.3 Å². The van der Waals surface area contributed by atoms with Crippen LogP contribution in [-0.2, 0) is 47.4 Å². The Morgan fingerprint density at radius 2 is 1.71 bits per heavy atom. The molecule has 4 aliphatic rings. The molecule has 52 heavy (non-hydrogen) atoms. The topological polar surface area (TPSA) is 146 Å². The molecule has 4 aliphatic heterocycles. The van der Waals surface area contributed by atoms with Crippen LogP contribution < -0.4 is 9.78 Å². The number of hydrogen-bond acceptors (Lipinski definition) is 12. The summed E-state index contributed by atoms with van der Waals surface area (Å²) in [5.74, 6) is -2.75. The van der Waals surface area contributed by atoms with Gasteiger partial charge in [0.15, 0.2) is 0 Å². The van der Waals surface area contributed by atoms with Gasteiger partial charge in [-0.05, 0) is 0 Å². The van der Waals surface area contributed by atoms with Crippen LogP contribution in [0.5, 0.6) is 0 Å². The maximum atomic E-state index is 14.6. The van der Waals surface area contributed by atoms with E-state index in [1.54, 1.807) is 37.4 Å². The molecule has 1 amide bonds. The summed E-state index contributed by atoms with van der Waals surface area (Å²) in [4.78, 5) is 40.0. The first-order chi connectivity index (χ1) is 25.0. The smallest absolute Gasteiger partial charge is 0.430 e. The second kappa shape index (κ2) is 16.5. The number of hydrogen-bond donors (Lipinski definition) is 1. The number of rotatable bonds is 12. The van der Waals surface area contributed by atoms with E-state index in [4.69, 9.17) is 42.6 Å². The van der Waals surface area contributed by atoms with E-state index < -0.39 is 72.1 Å². The van der Waals surface area contributed by atoms with Gasteiger partial charge in [-0.1, -0.05) is 13.8 Å². The third kappa shape index (κ3) is 8.19. The van der Waals surface area contributed by atoms with Crippen molar-refractivity contribution in [1.82, 2.24) is 5.32 Å². The van der Waals surface area contributed by atoms with Gasteiger partial charge in [0, 0.05) is 7.11 Å². The van der Waals surface area contributed by atoms with Crippen molar-refractivity contribution in [3.63, 3.8) is 0 Å². The van der Waals surface area contributed by atoms with Crippen molar-refractivity contribution in [3.8, 4) is 0 Å². The fourth-order valence-electron chi connectivity index (χ4n) is 7.63. The molecular formula is C38H49NO12Se. The summed E-state index contributed by atoms with van der Waals surface area (Å²) >= 11 is 0.156. The average molecular weight is 791 g/mol. The summed E-state index contributed by atoms with van der Waals surface area (Å²) in [7, 11) is 3.07. The van der Waals surface area contributed by atoms with Crippen LogP contribution in [0.2, 0.25) is 5.32 Å². The molecule has 0 bridgehead atoms. The maximum absolute atomic E-state index is 14.6. The van der Waals surface area contributed by atoms with Gasteiger partial charge >= 0.3 is 264 Å². The van der Waals surface area contributed by atoms with Gasteiger partial charge in [0.05, 0.1) is 0 Å². The van der Waals surface area contributed by atoms with Gasteiger partial charge in [0.2, 0.25) is 0 Å². The number of methoxy groups -OCH3 is 2. The quantitative estimate of drug-likeness (QED) is 0.248. The molecule has 0 aliphatic carbocycles. The minimum absolute atomic E-state index is 0.0964. The molecule has 6 rings (SSSR count). The minimum Gasteiger partial charge on any atom is -0.430 e. The Hall–Kier alpha value is -3.07. The van der Waals surface area contributed by atoms with Crippen molar-refractivity contribution in [3.05, 3.63) is 66.2 Å².